The van der Waals surface area contributed by atoms with Crippen LogP contribution in [0.3, 0.4) is 0 Å². The maximum absolute atomic E-state index is 13.2. The molecule has 0 saturated carbocycles. The van der Waals surface area contributed by atoms with Crippen LogP contribution in [0.1, 0.15) is 19.3 Å². The van der Waals surface area contributed by atoms with E-state index in [4.69, 9.17) is 0 Å². The van der Waals surface area contributed by atoms with Crippen molar-refractivity contribution in [2.75, 3.05) is 6.54 Å². The van der Waals surface area contributed by atoms with Gasteiger partial charge in [0.1, 0.15) is 22.0 Å². The summed E-state index contributed by atoms with van der Waals surface area (Å²) in [6.45, 7) is 0.744. The number of nitrogens with zero attached hydrogens (tertiary/aromatic N) is 2. The number of hydrogen-bond donors (Lipinski definition) is 1. The highest BCUT2D eigenvalue weighted by atomic mass is 32.2. The lowest BCUT2D eigenvalue weighted by molar-refractivity contribution is -0.120. The monoisotopic (exact) mass is 373 g/mol. The first kappa shape index (κ1) is 16.5. The maximum atomic E-state index is 13.2. The van der Waals surface area contributed by atoms with Gasteiger partial charge in [-0.05, 0) is 30.5 Å². The molecule has 0 aliphatic carbocycles. The molecular formula is C18H16FN3OS2. The molecule has 7 heteroatoms. The van der Waals surface area contributed by atoms with Crippen LogP contribution in [0, 0.1) is 5.82 Å². The fourth-order valence-electron chi connectivity index (χ4n) is 2.94. The lowest BCUT2D eigenvalue weighted by Gasteiger charge is -2.13. The number of carbonyl (C=O) groups excluding carboxylic acids is 1. The third-order valence-corrected chi connectivity index (χ3v) is 6.38. The maximum Gasteiger partial charge on any atom is 0.233 e. The summed E-state index contributed by atoms with van der Waals surface area (Å²) in [5.74, 6) is -0.183. The van der Waals surface area contributed by atoms with Gasteiger partial charge < -0.3 is 5.32 Å². The molecule has 0 spiro atoms. The Labute approximate surface area is 152 Å². The van der Waals surface area contributed by atoms with Gasteiger partial charge in [0.2, 0.25) is 5.91 Å². The van der Waals surface area contributed by atoms with E-state index < -0.39 is 0 Å². The average Bonchev–Trinajstić information content (AvgIpc) is 2.96. The van der Waals surface area contributed by atoms with Gasteiger partial charge in [0.05, 0.1) is 10.6 Å². The largest absolute Gasteiger partial charge is 0.355 e. The first-order chi connectivity index (χ1) is 12.2. The zero-order chi connectivity index (χ0) is 17.2. The normalized spacial score (nSPS) is 18.1. The highest BCUT2D eigenvalue weighted by Gasteiger charge is 2.24. The summed E-state index contributed by atoms with van der Waals surface area (Å²) < 4.78 is 13.2. The minimum absolute atomic E-state index is 0.0767. The third kappa shape index (κ3) is 3.39. The SMILES string of the molecule is O=C1NCCCC[C@H]1Sc1ncnc2scc(-c3ccc(F)cc3)c12. The summed E-state index contributed by atoms with van der Waals surface area (Å²) >= 11 is 3.04. The van der Waals surface area contributed by atoms with Crippen molar-refractivity contribution in [3.05, 3.63) is 41.8 Å². The topological polar surface area (TPSA) is 54.9 Å². The van der Waals surface area contributed by atoms with E-state index in [0.29, 0.717) is 0 Å². The molecule has 0 radical (unpaired) electrons. The highest BCUT2D eigenvalue weighted by molar-refractivity contribution is 8.00. The number of fused-ring (bicyclic) bond motifs is 1. The van der Waals surface area contributed by atoms with Gasteiger partial charge in [-0.1, -0.05) is 30.3 Å². The highest BCUT2D eigenvalue weighted by Crippen LogP contribution is 2.39. The molecule has 1 saturated heterocycles. The molecule has 0 unspecified atom stereocenters. The molecule has 1 aliphatic heterocycles. The fourth-order valence-corrected chi connectivity index (χ4v) is 5.09. The van der Waals surface area contributed by atoms with Crippen LogP contribution in [0.25, 0.3) is 21.3 Å². The molecule has 1 N–H and O–H groups in total. The van der Waals surface area contributed by atoms with E-state index in [1.807, 2.05) is 5.38 Å². The van der Waals surface area contributed by atoms with E-state index in [-0.39, 0.29) is 17.0 Å². The summed E-state index contributed by atoms with van der Waals surface area (Å²) in [6, 6.07) is 6.43. The van der Waals surface area contributed by atoms with E-state index in [1.54, 1.807) is 18.5 Å². The Morgan fingerprint density at radius 3 is 2.88 bits per heavy atom. The Balaban J connectivity index is 1.75. The Bertz CT molecular complexity index is 910. The number of nitrogens with one attached hydrogen (secondary N) is 1. The Hall–Kier alpha value is -1.99. The van der Waals surface area contributed by atoms with Crippen molar-refractivity contribution in [1.82, 2.24) is 15.3 Å². The lowest BCUT2D eigenvalue weighted by atomic mass is 10.1. The molecule has 3 aromatic rings. The third-order valence-electron chi connectivity index (χ3n) is 4.23. The lowest BCUT2D eigenvalue weighted by Crippen LogP contribution is -2.30. The summed E-state index contributed by atoms with van der Waals surface area (Å²) in [7, 11) is 0. The standard InChI is InChI=1S/C18H16FN3OS2/c19-12-6-4-11(5-7-12)13-9-24-17-15(13)18(22-10-21-17)25-14-3-1-2-8-20-16(14)23/h4-7,9-10,14H,1-3,8H2,(H,20,23)/t14-/m1/s1. The van der Waals surface area contributed by atoms with Gasteiger partial charge in [-0.3, -0.25) is 4.79 Å². The van der Waals surface area contributed by atoms with Crippen LogP contribution >= 0.6 is 23.1 Å². The molecular weight excluding hydrogens is 357 g/mol. The van der Waals surface area contributed by atoms with Crippen LogP contribution in [0.4, 0.5) is 4.39 Å². The van der Waals surface area contributed by atoms with Crippen molar-refractivity contribution >= 4 is 39.2 Å². The number of hydrogen-bond acceptors (Lipinski definition) is 5. The molecule has 1 aliphatic rings. The van der Waals surface area contributed by atoms with Gasteiger partial charge in [-0.25, -0.2) is 14.4 Å². The minimum atomic E-state index is -0.260. The van der Waals surface area contributed by atoms with Crippen LogP contribution in [0.5, 0.6) is 0 Å². The Morgan fingerprint density at radius 2 is 2.04 bits per heavy atom. The van der Waals surface area contributed by atoms with E-state index in [9.17, 15) is 9.18 Å². The number of benzene rings is 1. The van der Waals surface area contributed by atoms with E-state index >= 15 is 0 Å². The van der Waals surface area contributed by atoms with Crippen LogP contribution in [-0.4, -0.2) is 27.7 Å². The molecule has 1 aromatic carbocycles. The molecule has 1 fully saturated rings. The van der Waals surface area contributed by atoms with Crippen LogP contribution in [0.2, 0.25) is 0 Å². The predicted octanol–water partition coefficient (Wildman–Crippen LogP) is 4.26. The van der Waals surface area contributed by atoms with E-state index in [0.717, 1.165) is 52.2 Å². The second-order valence-electron chi connectivity index (χ2n) is 5.91. The molecule has 0 bridgehead atoms. The second-order valence-corrected chi connectivity index (χ2v) is 7.96. The van der Waals surface area contributed by atoms with Gasteiger partial charge in [-0.2, -0.15) is 0 Å². The van der Waals surface area contributed by atoms with Crippen molar-refractivity contribution in [3.8, 4) is 11.1 Å². The van der Waals surface area contributed by atoms with Gasteiger partial charge in [0.15, 0.2) is 0 Å². The van der Waals surface area contributed by atoms with Crippen molar-refractivity contribution in [2.24, 2.45) is 0 Å². The number of amides is 1. The summed E-state index contributed by atoms with van der Waals surface area (Å²) in [4.78, 5) is 22.0. The Morgan fingerprint density at radius 1 is 1.20 bits per heavy atom. The smallest absolute Gasteiger partial charge is 0.233 e. The van der Waals surface area contributed by atoms with Gasteiger partial charge in [-0.15, -0.1) is 11.3 Å². The van der Waals surface area contributed by atoms with Crippen molar-refractivity contribution in [3.63, 3.8) is 0 Å². The quantitative estimate of drug-likeness (QED) is 0.697. The van der Waals surface area contributed by atoms with E-state index in [1.165, 1.54) is 35.2 Å². The first-order valence-electron chi connectivity index (χ1n) is 8.15. The molecule has 4 rings (SSSR count). The van der Waals surface area contributed by atoms with Crippen molar-refractivity contribution in [1.29, 1.82) is 0 Å². The molecule has 128 valence electrons. The number of aromatic nitrogens is 2. The summed E-state index contributed by atoms with van der Waals surface area (Å²) in [5, 5.41) is 6.61. The predicted molar refractivity (Wildman–Crippen MR) is 99.3 cm³/mol. The first-order valence-corrected chi connectivity index (χ1v) is 9.91. The van der Waals surface area contributed by atoms with Gasteiger partial charge in [0.25, 0.3) is 0 Å². The van der Waals surface area contributed by atoms with Crippen molar-refractivity contribution < 1.29 is 9.18 Å². The molecule has 4 nitrogen and oxygen atoms in total. The second kappa shape index (κ2) is 7.09. The van der Waals surface area contributed by atoms with Gasteiger partial charge in [0, 0.05) is 17.5 Å². The molecule has 3 heterocycles. The average molecular weight is 373 g/mol. The van der Waals surface area contributed by atoms with E-state index in [2.05, 4.69) is 15.3 Å². The molecule has 25 heavy (non-hydrogen) atoms. The number of thioether (sulfide) groups is 1. The zero-order valence-corrected chi connectivity index (χ0v) is 15.0. The number of halogens is 1. The fraction of sp³-hybridized carbons (Fsp3) is 0.278. The summed E-state index contributed by atoms with van der Waals surface area (Å²) in [6.07, 6.45) is 4.43. The number of carbonyl (C=O) groups is 1. The number of rotatable bonds is 3. The van der Waals surface area contributed by atoms with Crippen molar-refractivity contribution in [2.45, 2.75) is 29.5 Å². The molecule has 2 aromatic heterocycles. The van der Waals surface area contributed by atoms with Gasteiger partial charge >= 0.3 is 0 Å². The minimum Gasteiger partial charge on any atom is -0.355 e. The van der Waals surface area contributed by atoms with Crippen LogP contribution in [0.15, 0.2) is 41.0 Å². The zero-order valence-electron chi connectivity index (χ0n) is 13.4. The van der Waals surface area contributed by atoms with Crippen LogP contribution < -0.4 is 5.32 Å². The summed E-state index contributed by atoms with van der Waals surface area (Å²) in [5.41, 5.74) is 1.91. The molecule has 1 amide bonds. The Kier molecular flexibility index (Phi) is 4.67. The van der Waals surface area contributed by atoms with Crippen LogP contribution in [-0.2, 0) is 4.79 Å². The molecule has 1 atom stereocenters. The number of thiophene rings is 1.